The van der Waals surface area contributed by atoms with Crippen molar-refractivity contribution in [2.45, 2.75) is 34.1 Å². The van der Waals surface area contributed by atoms with E-state index in [1.54, 1.807) is 18.2 Å². The van der Waals surface area contributed by atoms with Gasteiger partial charge < -0.3 is 14.8 Å². The summed E-state index contributed by atoms with van der Waals surface area (Å²) in [5.74, 6) is -0.121. The van der Waals surface area contributed by atoms with Crippen LogP contribution in [-0.2, 0) is 14.3 Å². The summed E-state index contributed by atoms with van der Waals surface area (Å²) >= 11 is 0. The molecule has 0 aliphatic heterocycles. The van der Waals surface area contributed by atoms with Gasteiger partial charge in [-0.3, -0.25) is 4.79 Å². The second-order valence-electron chi connectivity index (χ2n) is 3.84. The molecule has 0 unspecified atom stereocenters. The number of ether oxygens (including phenoxy) is 2. The summed E-state index contributed by atoms with van der Waals surface area (Å²) in [7, 11) is 0. The molecule has 0 radical (unpaired) electrons. The van der Waals surface area contributed by atoms with Crippen LogP contribution < -0.4 is 5.32 Å². The van der Waals surface area contributed by atoms with Gasteiger partial charge in [-0.2, -0.15) is 0 Å². The van der Waals surface area contributed by atoms with Gasteiger partial charge in [-0.05, 0) is 13.3 Å². The van der Waals surface area contributed by atoms with E-state index in [-0.39, 0.29) is 5.91 Å². The van der Waals surface area contributed by atoms with E-state index in [1.165, 1.54) is 0 Å². The number of carbonyl (C=O) groups is 1. The zero-order valence-electron chi connectivity index (χ0n) is 14.0. The Morgan fingerprint density at radius 3 is 2.29 bits per heavy atom. The average molecular weight is 297 g/mol. The van der Waals surface area contributed by atoms with Gasteiger partial charge in [0, 0.05) is 18.7 Å². The number of hydrogen-bond donors (Lipinski definition) is 1. The predicted octanol–water partition coefficient (Wildman–Crippen LogP) is 3.26. The molecule has 0 aliphatic carbocycles. The van der Waals surface area contributed by atoms with Crippen molar-refractivity contribution < 1.29 is 14.3 Å². The summed E-state index contributed by atoms with van der Waals surface area (Å²) in [5, 5.41) is 2.78. The molecular weight excluding hydrogens is 266 g/mol. The van der Waals surface area contributed by atoms with Crippen LogP contribution in [0.5, 0.6) is 0 Å². The fraction of sp³-hybridized carbons (Fsp3) is 0.588. The third-order valence-electron chi connectivity index (χ3n) is 2.16. The number of carbonyl (C=O) groups excluding carboxylic acids is 1. The van der Waals surface area contributed by atoms with Crippen molar-refractivity contribution in [1.29, 1.82) is 0 Å². The highest BCUT2D eigenvalue weighted by Crippen LogP contribution is 1.97. The Kier molecular flexibility index (Phi) is 19.4. The fourth-order valence-corrected chi connectivity index (χ4v) is 1.32. The molecule has 1 amide bonds. The van der Waals surface area contributed by atoms with Crippen molar-refractivity contribution in [2.75, 3.05) is 33.0 Å². The molecule has 0 spiro atoms. The van der Waals surface area contributed by atoms with Gasteiger partial charge in [-0.15, -0.1) is 0 Å². The van der Waals surface area contributed by atoms with E-state index in [0.717, 1.165) is 13.0 Å². The van der Waals surface area contributed by atoms with Crippen LogP contribution in [0.3, 0.4) is 0 Å². The molecule has 0 heterocycles. The first kappa shape index (κ1) is 21.9. The van der Waals surface area contributed by atoms with E-state index in [9.17, 15) is 4.79 Å². The smallest absolute Gasteiger partial charge is 0.251 e. The number of rotatable bonds is 11. The molecule has 0 fully saturated rings. The van der Waals surface area contributed by atoms with Gasteiger partial charge in [0.25, 0.3) is 5.91 Å². The first-order valence-electron chi connectivity index (χ1n) is 7.65. The lowest BCUT2D eigenvalue weighted by atomic mass is 10.2. The normalized spacial score (nSPS) is 11.0. The first-order chi connectivity index (χ1) is 10.3. The summed E-state index contributed by atoms with van der Waals surface area (Å²) in [6, 6.07) is 0. The van der Waals surface area contributed by atoms with Crippen LogP contribution in [-0.4, -0.2) is 38.9 Å². The van der Waals surface area contributed by atoms with Gasteiger partial charge in [0.05, 0.1) is 19.8 Å². The molecule has 4 nitrogen and oxygen atoms in total. The van der Waals surface area contributed by atoms with Crippen molar-refractivity contribution in [1.82, 2.24) is 5.32 Å². The Morgan fingerprint density at radius 2 is 1.76 bits per heavy atom. The Hall–Kier alpha value is -1.39. The Labute approximate surface area is 129 Å². The lowest BCUT2D eigenvalue weighted by Gasteiger charge is -2.07. The first-order valence-corrected chi connectivity index (χ1v) is 7.65. The topological polar surface area (TPSA) is 47.6 Å². The minimum atomic E-state index is -0.121. The maximum Gasteiger partial charge on any atom is 0.251 e. The summed E-state index contributed by atoms with van der Waals surface area (Å²) in [5.41, 5.74) is 0.587. The van der Waals surface area contributed by atoms with E-state index in [0.29, 0.717) is 31.9 Å². The van der Waals surface area contributed by atoms with Crippen molar-refractivity contribution in [3.05, 3.63) is 36.5 Å². The van der Waals surface area contributed by atoms with Crippen LogP contribution in [0.15, 0.2) is 36.5 Å². The SMILES string of the molecule is C=C/C=C(\C=C/C)C(=O)NCCOCCOCCC.CC. The number of allylic oxidation sites excluding steroid dienone is 3. The van der Waals surface area contributed by atoms with Gasteiger partial charge in [-0.1, -0.05) is 51.7 Å². The summed E-state index contributed by atoms with van der Waals surface area (Å²) in [4.78, 5) is 11.7. The minimum absolute atomic E-state index is 0.121. The highest BCUT2D eigenvalue weighted by atomic mass is 16.5. The monoisotopic (exact) mass is 297 g/mol. The van der Waals surface area contributed by atoms with E-state index in [2.05, 4.69) is 18.8 Å². The van der Waals surface area contributed by atoms with E-state index >= 15 is 0 Å². The second kappa shape index (κ2) is 18.6. The van der Waals surface area contributed by atoms with Crippen molar-refractivity contribution in [2.24, 2.45) is 0 Å². The quantitative estimate of drug-likeness (QED) is 0.362. The molecule has 0 bridgehead atoms. The molecule has 21 heavy (non-hydrogen) atoms. The molecular formula is C17H31NO3. The van der Waals surface area contributed by atoms with Crippen molar-refractivity contribution >= 4 is 5.91 Å². The molecule has 0 aromatic rings. The van der Waals surface area contributed by atoms with Gasteiger partial charge >= 0.3 is 0 Å². The van der Waals surface area contributed by atoms with Crippen LogP contribution in [0.4, 0.5) is 0 Å². The molecule has 0 rings (SSSR count). The molecule has 0 aromatic carbocycles. The standard InChI is InChI=1S/C15H25NO3.C2H6/c1-4-7-14(8-5-2)15(17)16-9-11-19-13-12-18-10-6-3;1-2/h4-5,7-8H,1,6,9-13H2,2-3H3,(H,16,17);1-2H3/b8-5-,14-7+;. The molecule has 0 atom stereocenters. The van der Waals surface area contributed by atoms with E-state index < -0.39 is 0 Å². The second-order valence-corrected chi connectivity index (χ2v) is 3.84. The van der Waals surface area contributed by atoms with Gasteiger partial charge in [0.15, 0.2) is 0 Å². The van der Waals surface area contributed by atoms with Crippen LogP contribution in [0.2, 0.25) is 0 Å². The van der Waals surface area contributed by atoms with Gasteiger partial charge in [0.2, 0.25) is 0 Å². The van der Waals surface area contributed by atoms with Crippen LogP contribution >= 0.6 is 0 Å². The number of amides is 1. The van der Waals surface area contributed by atoms with E-state index in [1.807, 2.05) is 26.8 Å². The molecule has 0 aliphatic rings. The lowest BCUT2D eigenvalue weighted by molar-refractivity contribution is -0.117. The van der Waals surface area contributed by atoms with Crippen LogP contribution in [0.1, 0.15) is 34.1 Å². The third-order valence-corrected chi connectivity index (χ3v) is 2.16. The molecule has 1 N–H and O–H groups in total. The number of nitrogens with one attached hydrogen (secondary N) is 1. The van der Waals surface area contributed by atoms with Crippen LogP contribution in [0.25, 0.3) is 0 Å². The summed E-state index contributed by atoms with van der Waals surface area (Å²) in [6.45, 7) is 14.4. The molecule has 4 heteroatoms. The van der Waals surface area contributed by atoms with Gasteiger partial charge in [0.1, 0.15) is 0 Å². The number of hydrogen-bond acceptors (Lipinski definition) is 3. The minimum Gasteiger partial charge on any atom is -0.379 e. The summed E-state index contributed by atoms with van der Waals surface area (Å²) < 4.78 is 10.6. The molecule has 0 saturated carbocycles. The maximum atomic E-state index is 11.7. The Morgan fingerprint density at radius 1 is 1.14 bits per heavy atom. The van der Waals surface area contributed by atoms with E-state index in [4.69, 9.17) is 9.47 Å². The average Bonchev–Trinajstić information content (AvgIpc) is 2.51. The van der Waals surface area contributed by atoms with Crippen LogP contribution in [0, 0.1) is 0 Å². The van der Waals surface area contributed by atoms with Crippen molar-refractivity contribution in [3.8, 4) is 0 Å². The maximum absolute atomic E-state index is 11.7. The molecule has 0 saturated heterocycles. The zero-order valence-corrected chi connectivity index (χ0v) is 14.0. The van der Waals surface area contributed by atoms with Gasteiger partial charge in [-0.25, -0.2) is 0 Å². The Balaban J connectivity index is 0. The lowest BCUT2D eigenvalue weighted by Crippen LogP contribution is -2.28. The van der Waals surface area contributed by atoms with Crippen molar-refractivity contribution in [3.63, 3.8) is 0 Å². The summed E-state index contributed by atoms with van der Waals surface area (Å²) in [6.07, 6.45) is 7.84. The highest BCUT2D eigenvalue weighted by Gasteiger charge is 2.03. The largest absolute Gasteiger partial charge is 0.379 e. The fourth-order valence-electron chi connectivity index (χ4n) is 1.32. The predicted molar refractivity (Wildman–Crippen MR) is 89.4 cm³/mol. The molecule has 122 valence electrons. The zero-order chi connectivity index (χ0) is 16.3. The Bertz CT molecular complexity index is 309. The highest BCUT2D eigenvalue weighted by molar-refractivity contribution is 5.96. The molecule has 0 aromatic heterocycles. The third kappa shape index (κ3) is 14.8.